The van der Waals surface area contributed by atoms with E-state index in [2.05, 4.69) is 35.2 Å². The molecule has 0 saturated carbocycles. The van der Waals surface area contributed by atoms with Crippen LogP contribution in [0.4, 0.5) is 4.79 Å². The highest BCUT2D eigenvalue weighted by atomic mass is 16.6. The van der Waals surface area contributed by atoms with Gasteiger partial charge in [-0.2, -0.15) is 0 Å². The predicted molar refractivity (Wildman–Crippen MR) is 109 cm³/mol. The van der Waals surface area contributed by atoms with Gasteiger partial charge in [0.25, 0.3) is 0 Å². The number of carbonyl (C=O) groups is 1. The zero-order valence-corrected chi connectivity index (χ0v) is 17.4. The first kappa shape index (κ1) is 21.7. The third kappa shape index (κ3) is 8.31. The lowest BCUT2D eigenvalue weighted by Crippen LogP contribution is -2.44. The quantitative estimate of drug-likeness (QED) is 0.639. The van der Waals surface area contributed by atoms with E-state index in [-0.39, 0.29) is 6.09 Å². The van der Waals surface area contributed by atoms with Crippen molar-refractivity contribution in [1.29, 1.82) is 0 Å². The molecular weight excluding hydrogens is 340 g/mol. The molecule has 0 N–H and O–H groups in total. The molecule has 1 amide bonds. The van der Waals surface area contributed by atoms with Crippen molar-refractivity contribution in [2.24, 2.45) is 5.92 Å². The van der Waals surface area contributed by atoms with Gasteiger partial charge in [0.15, 0.2) is 0 Å². The van der Waals surface area contributed by atoms with Crippen LogP contribution in [0, 0.1) is 5.92 Å². The molecule has 1 aliphatic heterocycles. The lowest BCUT2D eigenvalue weighted by molar-refractivity contribution is 0.0169. The number of benzene rings is 1. The minimum atomic E-state index is -0.470. The molecule has 0 spiro atoms. The van der Waals surface area contributed by atoms with Gasteiger partial charge in [0.1, 0.15) is 5.60 Å². The van der Waals surface area contributed by atoms with Gasteiger partial charge in [-0.3, -0.25) is 4.90 Å². The van der Waals surface area contributed by atoms with Crippen LogP contribution in [-0.2, 0) is 16.0 Å². The van der Waals surface area contributed by atoms with E-state index in [1.54, 1.807) is 7.11 Å². The van der Waals surface area contributed by atoms with E-state index in [1.165, 1.54) is 12.0 Å². The van der Waals surface area contributed by atoms with Gasteiger partial charge in [0, 0.05) is 39.9 Å². The summed E-state index contributed by atoms with van der Waals surface area (Å²) in [4.78, 5) is 17.0. The van der Waals surface area contributed by atoms with Crippen LogP contribution in [0.5, 0.6) is 0 Å². The first-order chi connectivity index (χ1) is 12.9. The molecule has 5 nitrogen and oxygen atoms in total. The fraction of sp³-hybridized carbons (Fsp3) is 0.682. The molecule has 1 fully saturated rings. The Morgan fingerprint density at radius 1 is 1.26 bits per heavy atom. The Morgan fingerprint density at radius 3 is 2.67 bits per heavy atom. The summed E-state index contributed by atoms with van der Waals surface area (Å²) in [6.45, 7) is 11.0. The van der Waals surface area contributed by atoms with Crippen LogP contribution in [0.3, 0.4) is 0 Å². The molecule has 0 aromatic heterocycles. The molecule has 1 aromatic carbocycles. The van der Waals surface area contributed by atoms with Crippen molar-refractivity contribution < 1.29 is 14.3 Å². The second-order valence-corrected chi connectivity index (χ2v) is 8.50. The van der Waals surface area contributed by atoms with E-state index in [1.807, 2.05) is 25.7 Å². The van der Waals surface area contributed by atoms with Crippen molar-refractivity contribution in [3.63, 3.8) is 0 Å². The zero-order chi connectivity index (χ0) is 19.7. The van der Waals surface area contributed by atoms with Gasteiger partial charge in [0.2, 0.25) is 0 Å². The topological polar surface area (TPSA) is 42.0 Å². The van der Waals surface area contributed by atoms with Gasteiger partial charge in [-0.05, 0) is 58.1 Å². The van der Waals surface area contributed by atoms with Crippen LogP contribution < -0.4 is 0 Å². The number of amides is 1. The molecule has 1 aromatic rings. The monoisotopic (exact) mass is 376 g/mol. The second-order valence-electron chi connectivity index (χ2n) is 8.50. The maximum atomic E-state index is 12.6. The Morgan fingerprint density at radius 2 is 2.00 bits per heavy atom. The standard InChI is InChI=1S/C22H36N2O3/c1-22(2,3)27-21(25)24(14-9-15-26-4)18-20-12-8-13-23(17-20)16-19-10-6-5-7-11-19/h5-7,10-11,20H,8-9,12-18H2,1-4H3. The molecule has 1 atom stereocenters. The molecule has 2 rings (SSSR count). The Labute approximate surface area is 164 Å². The van der Waals surface area contributed by atoms with Crippen LogP contribution in [0.1, 0.15) is 45.6 Å². The minimum Gasteiger partial charge on any atom is -0.444 e. The maximum absolute atomic E-state index is 12.6. The molecule has 1 saturated heterocycles. The van der Waals surface area contributed by atoms with Gasteiger partial charge in [-0.25, -0.2) is 4.79 Å². The van der Waals surface area contributed by atoms with Gasteiger partial charge in [-0.15, -0.1) is 0 Å². The highest BCUT2D eigenvalue weighted by Crippen LogP contribution is 2.21. The van der Waals surface area contributed by atoms with E-state index in [4.69, 9.17) is 9.47 Å². The van der Waals surface area contributed by atoms with Gasteiger partial charge in [-0.1, -0.05) is 30.3 Å². The summed E-state index contributed by atoms with van der Waals surface area (Å²) in [6.07, 6.45) is 2.96. The summed E-state index contributed by atoms with van der Waals surface area (Å²) in [7, 11) is 1.69. The van der Waals surface area contributed by atoms with Crippen LogP contribution in [0.25, 0.3) is 0 Å². The number of ether oxygens (including phenoxy) is 2. The molecule has 152 valence electrons. The van der Waals surface area contributed by atoms with Crippen LogP contribution in [0.2, 0.25) is 0 Å². The predicted octanol–water partition coefficient (Wildman–Crippen LogP) is 4.17. The number of carbonyl (C=O) groups excluding carboxylic acids is 1. The second kappa shape index (κ2) is 10.7. The Bertz CT molecular complexity index is 556. The SMILES string of the molecule is COCCCN(CC1CCCN(Cc2ccccc2)C1)C(=O)OC(C)(C)C. The summed E-state index contributed by atoms with van der Waals surface area (Å²) in [5.74, 6) is 0.484. The first-order valence-corrected chi connectivity index (χ1v) is 10.1. The number of nitrogens with zero attached hydrogens (tertiary/aromatic N) is 2. The van der Waals surface area contributed by atoms with Crippen molar-refractivity contribution in [1.82, 2.24) is 9.80 Å². The molecule has 1 heterocycles. The third-order valence-electron chi connectivity index (χ3n) is 4.76. The van der Waals surface area contributed by atoms with Crippen LogP contribution in [-0.4, -0.2) is 61.4 Å². The number of hydrogen-bond donors (Lipinski definition) is 0. The smallest absolute Gasteiger partial charge is 0.410 e. The molecule has 1 unspecified atom stereocenters. The number of piperidine rings is 1. The first-order valence-electron chi connectivity index (χ1n) is 10.1. The summed E-state index contributed by atoms with van der Waals surface area (Å²) in [5, 5.41) is 0. The highest BCUT2D eigenvalue weighted by Gasteiger charge is 2.27. The summed E-state index contributed by atoms with van der Waals surface area (Å²) >= 11 is 0. The van der Waals surface area contributed by atoms with E-state index < -0.39 is 5.60 Å². The molecule has 27 heavy (non-hydrogen) atoms. The Balaban J connectivity index is 1.92. The molecule has 0 bridgehead atoms. The number of hydrogen-bond acceptors (Lipinski definition) is 4. The summed E-state index contributed by atoms with van der Waals surface area (Å²) in [6, 6.07) is 10.6. The molecule has 0 radical (unpaired) electrons. The molecular formula is C22H36N2O3. The Kier molecular flexibility index (Phi) is 8.58. The Hall–Kier alpha value is -1.59. The van der Waals surface area contributed by atoms with Crippen molar-refractivity contribution in [3.8, 4) is 0 Å². The van der Waals surface area contributed by atoms with Gasteiger partial charge >= 0.3 is 6.09 Å². The highest BCUT2D eigenvalue weighted by molar-refractivity contribution is 5.68. The largest absolute Gasteiger partial charge is 0.444 e. The van der Waals surface area contributed by atoms with E-state index in [0.29, 0.717) is 19.1 Å². The van der Waals surface area contributed by atoms with E-state index in [9.17, 15) is 4.79 Å². The maximum Gasteiger partial charge on any atom is 0.410 e. The van der Waals surface area contributed by atoms with Crippen molar-refractivity contribution in [3.05, 3.63) is 35.9 Å². The summed E-state index contributed by atoms with van der Waals surface area (Å²) < 4.78 is 10.8. The van der Waals surface area contributed by atoms with Crippen LogP contribution >= 0.6 is 0 Å². The van der Waals surface area contributed by atoms with Gasteiger partial charge < -0.3 is 14.4 Å². The van der Waals surface area contributed by atoms with E-state index >= 15 is 0 Å². The van der Waals surface area contributed by atoms with Gasteiger partial charge in [0.05, 0.1) is 0 Å². The fourth-order valence-corrected chi connectivity index (χ4v) is 3.58. The lowest BCUT2D eigenvalue weighted by atomic mass is 9.97. The third-order valence-corrected chi connectivity index (χ3v) is 4.76. The van der Waals surface area contributed by atoms with Crippen LogP contribution in [0.15, 0.2) is 30.3 Å². The molecule has 1 aliphatic rings. The zero-order valence-electron chi connectivity index (χ0n) is 17.4. The normalized spacial score (nSPS) is 18.3. The molecule has 0 aliphatic carbocycles. The van der Waals surface area contributed by atoms with E-state index in [0.717, 1.165) is 39.0 Å². The number of rotatable bonds is 8. The minimum absolute atomic E-state index is 0.209. The lowest BCUT2D eigenvalue weighted by Gasteiger charge is -2.36. The fourth-order valence-electron chi connectivity index (χ4n) is 3.58. The average molecular weight is 377 g/mol. The molecule has 5 heteroatoms. The number of likely N-dealkylation sites (tertiary alicyclic amines) is 1. The number of methoxy groups -OCH3 is 1. The summed E-state index contributed by atoms with van der Waals surface area (Å²) in [5.41, 5.74) is 0.880. The van der Waals surface area contributed by atoms with Crippen molar-refractivity contribution >= 4 is 6.09 Å². The average Bonchev–Trinajstić information content (AvgIpc) is 2.61. The van der Waals surface area contributed by atoms with Crippen molar-refractivity contribution in [2.45, 2.75) is 52.2 Å². The van der Waals surface area contributed by atoms with Crippen molar-refractivity contribution in [2.75, 3.05) is 39.9 Å².